The van der Waals surface area contributed by atoms with Gasteiger partial charge in [0, 0.05) is 17.4 Å². The molecular formula is C15H17NO2. The molecule has 1 aromatic rings. The topological polar surface area (TPSA) is 50.1 Å². The fourth-order valence-electron chi connectivity index (χ4n) is 2.22. The Morgan fingerprint density at radius 2 is 2.00 bits per heavy atom. The lowest BCUT2D eigenvalue weighted by Crippen LogP contribution is -2.13. The van der Waals surface area contributed by atoms with Gasteiger partial charge in [-0.1, -0.05) is 0 Å². The molecule has 0 N–H and O–H groups in total. The molecule has 0 aliphatic heterocycles. The number of benzene rings is 1. The van der Waals surface area contributed by atoms with Crippen molar-refractivity contribution in [3.05, 3.63) is 28.8 Å². The van der Waals surface area contributed by atoms with E-state index in [0.29, 0.717) is 18.6 Å². The first-order valence-corrected chi connectivity index (χ1v) is 6.16. The number of nitriles is 1. The Balaban J connectivity index is 2.11. The molecule has 0 bridgehead atoms. The van der Waals surface area contributed by atoms with Crippen molar-refractivity contribution < 1.29 is 9.53 Å². The summed E-state index contributed by atoms with van der Waals surface area (Å²) in [4.78, 5) is 10.8. The third kappa shape index (κ3) is 2.53. The highest BCUT2D eigenvalue weighted by molar-refractivity contribution is 5.76. The Kier molecular flexibility index (Phi) is 3.38. The van der Waals surface area contributed by atoms with Crippen LogP contribution in [-0.2, 0) is 0 Å². The van der Waals surface area contributed by atoms with Gasteiger partial charge < -0.3 is 4.74 Å². The molecule has 18 heavy (non-hydrogen) atoms. The van der Waals surface area contributed by atoms with Gasteiger partial charge in [-0.3, -0.25) is 4.79 Å². The average molecular weight is 243 g/mol. The summed E-state index contributed by atoms with van der Waals surface area (Å²) in [6.45, 7) is 4.49. The molecule has 1 saturated carbocycles. The molecule has 3 nitrogen and oxygen atoms in total. The normalized spacial score (nSPS) is 15.8. The molecule has 0 atom stereocenters. The molecule has 0 heterocycles. The molecular weight excluding hydrogens is 226 g/mol. The second kappa shape index (κ2) is 4.81. The minimum atomic E-state index is 0.0803. The van der Waals surface area contributed by atoms with Crippen LogP contribution < -0.4 is 4.74 Å². The molecule has 0 unspecified atom stereocenters. The molecule has 1 fully saturated rings. The summed E-state index contributed by atoms with van der Waals surface area (Å²) in [5.41, 5.74) is 2.71. The fourth-order valence-corrected chi connectivity index (χ4v) is 2.22. The average Bonchev–Trinajstić information content (AvgIpc) is 3.08. The number of carbonyl (C=O) groups is 1. The number of hydrogen-bond donors (Lipinski definition) is 0. The summed E-state index contributed by atoms with van der Waals surface area (Å²) >= 11 is 0. The maximum atomic E-state index is 10.8. The van der Waals surface area contributed by atoms with Gasteiger partial charge in [0.1, 0.15) is 12.0 Å². The zero-order chi connectivity index (χ0) is 13.2. The third-order valence-electron chi connectivity index (χ3n) is 3.55. The predicted octanol–water partition coefficient (Wildman–Crippen LogP) is 3.19. The first kappa shape index (κ1) is 12.6. The summed E-state index contributed by atoms with van der Waals surface area (Å²) < 4.78 is 5.88. The van der Waals surface area contributed by atoms with Crippen LogP contribution in [0, 0.1) is 30.6 Å². The number of aryl methyl sites for hydroxylation is 2. The minimum Gasteiger partial charge on any atom is -0.492 e. The van der Waals surface area contributed by atoms with Crippen LogP contribution >= 0.6 is 0 Å². The largest absolute Gasteiger partial charge is 0.492 e. The lowest BCUT2D eigenvalue weighted by molar-refractivity contribution is 0.112. The lowest BCUT2D eigenvalue weighted by Gasteiger charge is -2.16. The number of aldehydes is 1. The maximum Gasteiger partial charge on any atom is 0.150 e. The van der Waals surface area contributed by atoms with Gasteiger partial charge in [-0.05, 0) is 49.9 Å². The molecule has 0 radical (unpaired) electrons. The number of nitrogens with zero attached hydrogens (tertiary/aromatic N) is 1. The Morgan fingerprint density at radius 1 is 1.39 bits per heavy atom. The van der Waals surface area contributed by atoms with Gasteiger partial charge in [-0.25, -0.2) is 0 Å². The Labute approximate surface area is 107 Å². The number of rotatable bonds is 5. The van der Waals surface area contributed by atoms with Crippen molar-refractivity contribution in [2.75, 3.05) is 6.61 Å². The molecule has 1 aliphatic rings. The second-order valence-electron chi connectivity index (χ2n) is 5.23. The second-order valence-corrected chi connectivity index (χ2v) is 5.23. The molecule has 1 aromatic carbocycles. The van der Waals surface area contributed by atoms with Gasteiger partial charge in [0.05, 0.1) is 12.7 Å². The van der Waals surface area contributed by atoms with E-state index in [1.54, 1.807) is 0 Å². The summed E-state index contributed by atoms with van der Waals surface area (Å²) in [7, 11) is 0. The number of carbonyl (C=O) groups excluding carboxylic acids is 1. The van der Waals surface area contributed by atoms with E-state index in [0.717, 1.165) is 36.0 Å². The summed E-state index contributed by atoms with van der Waals surface area (Å²) in [5, 5.41) is 8.77. The fraction of sp³-hybridized carbons (Fsp3) is 0.467. The molecule has 0 amide bonds. The van der Waals surface area contributed by atoms with Crippen LogP contribution in [0.4, 0.5) is 0 Å². The molecule has 2 rings (SSSR count). The number of hydrogen-bond acceptors (Lipinski definition) is 3. The molecule has 3 heteroatoms. The van der Waals surface area contributed by atoms with E-state index >= 15 is 0 Å². The van der Waals surface area contributed by atoms with Crippen LogP contribution in [0.2, 0.25) is 0 Å². The van der Waals surface area contributed by atoms with E-state index in [1.807, 2.05) is 26.0 Å². The summed E-state index contributed by atoms with van der Waals surface area (Å²) in [6, 6.07) is 5.89. The standard InChI is InChI=1S/C15H17NO2/c1-11-7-13(9-17)8-12(2)14(11)18-10-15(3-4-15)5-6-16/h7-9H,3-5,10H2,1-2H3. The Bertz CT molecular complexity index is 487. The highest BCUT2D eigenvalue weighted by Crippen LogP contribution is 2.49. The van der Waals surface area contributed by atoms with Crippen LogP contribution in [0.25, 0.3) is 0 Å². The molecule has 1 aliphatic carbocycles. The van der Waals surface area contributed by atoms with Crippen LogP contribution in [0.15, 0.2) is 12.1 Å². The van der Waals surface area contributed by atoms with Crippen LogP contribution in [0.1, 0.15) is 40.7 Å². The van der Waals surface area contributed by atoms with E-state index in [-0.39, 0.29) is 5.41 Å². The smallest absolute Gasteiger partial charge is 0.150 e. The maximum absolute atomic E-state index is 10.8. The predicted molar refractivity (Wildman–Crippen MR) is 68.7 cm³/mol. The SMILES string of the molecule is Cc1cc(C=O)cc(C)c1OCC1(CC#N)CC1. The first-order valence-electron chi connectivity index (χ1n) is 6.16. The quantitative estimate of drug-likeness (QED) is 0.746. The number of ether oxygens (including phenoxy) is 1. The van der Waals surface area contributed by atoms with E-state index in [4.69, 9.17) is 10.00 Å². The highest BCUT2D eigenvalue weighted by atomic mass is 16.5. The van der Waals surface area contributed by atoms with E-state index in [9.17, 15) is 4.79 Å². The summed E-state index contributed by atoms with van der Waals surface area (Å²) in [5.74, 6) is 0.852. The van der Waals surface area contributed by atoms with Crippen molar-refractivity contribution in [3.63, 3.8) is 0 Å². The van der Waals surface area contributed by atoms with Crippen molar-refractivity contribution in [2.24, 2.45) is 5.41 Å². The minimum absolute atomic E-state index is 0.0803. The van der Waals surface area contributed by atoms with E-state index in [2.05, 4.69) is 6.07 Å². The molecule has 0 aromatic heterocycles. The Hall–Kier alpha value is -1.82. The first-order chi connectivity index (χ1) is 8.60. The van der Waals surface area contributed by atoms with E-state index < -0.39 is 0 Å². The van der Waals surface area contributed by atoms with Crippen molar-refractivity contribution in [2.45, 2.75) is 33.1 Å². The van der Waals surface area contributed by atoms with Crippen LogP contribution in [-0.4, -0.2) is 12.9 Å². The zero-order valence-corrected chi connectivity index (χ0v) is 10.8. The van der Waals surface area contributed by atoms with E-state index in [1.165, 1.54) is 0 Å². The van der Waals surface area contributed by atoms with Crippen LogP contribution in [0.3, 0.4) is 0 Å². The third-order valence-corrected chi connectivity index (χ3v) is 3.55. The lowest BCUT2D eigenvalue weighted by atomic mass is 10.0. The molecule has 0 spiro atoms. The monoisotopic (exact) mass is 243 g/mol. The van der Waals surface area contributed by atoms with Gasteiger partial charge >= 0.3 is 0 Å². The van der Waals surface area contributed by atoms with Gasteiger partial charge in [0.2, 0.25) is 0 Å². The van der Waals surface area contributed by atoms with Crippen molar-refractivity contribution >= 4 is 6.29 Å². The van der Waals surface area contributed by atoms with Gasteiger partial charge in [-0.15, -0.1) is 0 Å². The van der Waals surface area contributed by atoms with Crippen molar-refractivity contribution in [3.8, 4) is 11.8 Å². The van der Waals surface area contributed by atoms with Crippen LogP contribution in [0.5, 0.6) is 5.75 Å². The van der Waals surface area contributed by atoms with Gasteiger partial charge in [0.25, 0.3) is 0 Å². The summed E-state index contributed by atoms with van der Waals surface area (Å²) in [6.07, 6.45) is 3.56. The Morgan fingerprint density at radius 3 is 2.44 bits per heavy atom. The van der Waals surface area contributed by atoms with Gasteiger partial charge in [0.15, 0.2) is 0 Å². The van der Waals surface area contributed by atoms with Gasteiger partial charge in [-0.2, -0.15) is 5.26 Å². The molecule has 94 valence electrons. The zero-order valence-electron chi connectivity index (χ0n) is 10.8. The highest BCUT2D eigenvalue weighted by Gasteiger charge is 2.43. The molecule has 0 saturated heterocycles. The van der Waals surface area contributed by atoms with Crippen molar-refractivity contribution in [1.29, 1.82) is 5.26 Å². The van der Waals surface area contributed by atoms with Crippen molar-refractivity contribution in [1.82, 2.24) is 0 Å².